The van der Waals surface area contributed by atoms with Crippen molar-refractivity contribution >= 4 is 11.8 Å². The number of piperidine rings is 1. The number of furan rings is 1. The predicted octanol–water partition coefficient (Wildman–Crippen LogP) is 1.50. The lowest BCUT2D eigenvalue weighted by molar-refractivity contribution is -0.133. The van der Waals surface area contributed by atoms with Gasteiger partial charge in [0.15, 0.2) is 5.76 Å². The maximum Gasteiger partial charge on any atom is 0.289 e. The number of nitrogens with one attached hydrogen (secondary N) is 1. The van der Waals surface area contributed by atoms with E-state index in [1.54, 1.807) is 17.0 Å². The molecule has 3 heterocycles. The number of unbranched alkanes of at least 4 members (excludes halogenated alkanes) is 1. The van der Waals surface area contributed by atoms with Gasteiger partial charge in [0.1, 0.15) is 6.04 Å². The molecule has 7 heteroatoms. The smallest absolute Gasteiger partial charge is 0.289 e. The molecule has 2 amide bonds. The van der Waals surface area contributed by atoms with Crippen molar-refractivity contribution in [3.8, 4) is 0 Å². The molecule has 0 bridgehead atoms. The summed E-state index contributed by atoms with van der Waals surface area (Å²) in [6.07, 6.45) is 5.25. The molecule has 26 heavy (non-hydrogen) atoms. The van der Waals surface area contributed by atoms with Crippen molar-refractivity contribution in [2.24, 2.45) is 0 Å². The van der Waals surface area contributed by atoms with Crippen LogP contribution in [0.4, 0.5) is 0 Å². The molecule has 144 valence electrons. The van der Waals surface area contributed by atoms with Gasteiger partial charge in [-0.1, -0.05) is 13.3 Å². The van der Waals surface area contributed by atoms with Gasteiger partial charge in [-0.3, -0.25) is 14.5 Å². The van der Waals surface area contributed by atoms with Crippen molar-refractivity contribution in [3.63, 3.8) is 0 Å². The van der Waals surface area contributed by atoms with Gasteiger partial charge in [-0.2, -0.15) is 0 Å². The van der Waals surface area contributed by atoms with Gasteiger partial charge in [0.25, 0.3) is 5.91 Å². The van der Waals surface area contributed by atoms with Crippen molar-refractivity contribution < 1.29 is 18.7 Å². The molecule has 1 aromatic rings. The third kappa shape index (κ3) is 4.65. The van der Waals surface area contributed by atoms with Crippen molar-refractivity contribution in [3.05, 3.63) is 24.2 Å². The lowest BCUT2D eigenvalue weighted by atomic mass is 10.0. The van der Waals surface area contributed by atoms with Gasteiger partial charge in [0.2, 0.25) is 5.91 Å². The zero-order valence-corrected chi connectivity index (χ0v) is 15.5. The molecule has 2 saturated heterocycles. The Labute approximate surface area is 154 Å². The van der Waals surface area contributed by atoms with Crippen molar-refractivity contribution in [2.45, 2.75) is 44.7 Å². The normalized spacial score (nSPS) is 22.3. The fourth-order valence-corrected chi connectivity index (χ4v) is 3.59. The number of carbonyl (C=O) groups is 2. The summed E-state index contributed by atoms with van der Waals surface area (Å²) >= 11 is 0. The van der Waals surface area contributed by atoms with E-state index in [0.29, 0.717) is 32.1 Å². The second-order valence-electron chi connectivity index (χ2n) is 7.03. The fourth-order valence-electron chi connectivity index (χ4n) is 3.59. The minimum absolute atomic E-state index is 0.0524. The van der Waals surface area contributed by atoms with E-state index in [0.717, 1.165) is 38.8 Å². The monoisotopic (exact) mass is 363 g/mol. The van der Waals surface area contributed by atoms with E-state index in [1.807, 2.05) is 0 Å². The first-order valence-electron chi connectivity index (χ1n) is 9.64. The summed E-state index contributed by atoms with van der Waals surface area (Å²) in [5, 5.41) is 3.17. The highest BCUT2D eigenvalue weighted by Crippen LogP contribution is 2.16. The average molecular weight is 363 g/mol. The van der Waals surface area contributed by atoms with Crippen LogP contribution in [-0.4, -0.2) is 73.1 Å². The molecule has 0 aliphatic carbocycles. The number of rotatable bonds is 6. The second kappa shape index (κ2) is 9.19. The topological polar surface area (TPSA) is 75.0 Å². The Balaban J connectivity index is 1.47. The molecule has 0 aromatic carbocycles. The SMILES string of the molecule is CCCCN1CCOCC1C(=O)NC1CCN(C(=O)c2ccco2)CC1. The van der Waals surface area contributed by atoms with E-state index in [1.165, 1.54) is 6.26 Å². The lowest BCUT2D eigenvalue weighted by Crippen LogP contribution is -2.56. The van der Waals surface area contributed by atoms with E-state index in [2.05, 4.69) is 17.1 Å². The minimum Gasteiger partial charge on any atom is -0.459 e. The first-order chi connectivity index (χ1) is 12.7. The molecule has 2 fully saturated rings. The highest BCUT2D eigenvalue weighted by Gasteiger charge is 2.32. The van der Waals surface area contributed by atoms with Crippen LogP contribution in [0.2, 0.25) is 0 Å². The van der Waals surface area contributed by atoms with Crippen LogP contribution in [-0.2, 0) is 9.53 Å². The van der Waals surface area contributed by atoms with E-state index in [4.69, 9.17) is 9.15 Å². The number of morpholine rings is 1. The van der Waals surface area contributed by atoms with Crippen LogP contribution in [0, 0.1) is 0 Å². The molecular formula is C19H29N3O4. The summed E-state index contributed by atoms with van der Waals surface area (Å²) in [5.41, 5.74) is 0. The number of amides is 2. The summed E-state index contributed by atoms with van der Waals surface area (Å²) in [5.74, 6) is 0.348. The standard InChI is InChI=1S/C19H29N3O4/c1-2-3-8-21-11-13-25-14-16(21)18(23)20-15-6-9-22(10-7-15)19(24)17-5-4-12-26-17/h4-5,12,15-16H,2-3,6-11,13-14H2,1H3,(H,20,23). The van der Waals surface area contributed by atoms with Crippen LogP contribution in [0.5, 0.6) is 0 Å². The molecule has 1 N–H and O–H groups in total. The van der Waals surface area contributed by atoms with Gasteiger partial charge in [0, 0.05) is 25.7 Å². The number of ether oxygens (including phenoxy) is 1. The Hall–Kier alpha value is -1.86. The van der Waals surface area contributed by atoms with Gasteiger partial charge in [0.05, 0.1) is 19.5 Å². The van der Waals surface area contributed by atoms with Crippen LogP contribution in [0.3, 0.4) is 0 Å². The minimum atomic E-state index is -0.196. The predicted molar refractivity (Wildman–Crippen MR) is 96.9 cm³/mol. The number of carbonyl (C=O) groups excluding carboxylic acids is 2. The van der Waals surface area contributed by atoms with Crippen LogP contribution in [0.15, 0.2) is 22.8 Å². The Morgan fingerprint density at radius 2 is 2.08 bits per heavy atom. The molecule has 0 saturated carbocycles. The zero-order valence-electron chi connectivity index (χ0n) is 15.5. The zero-order chi connectivity index (χ0) is 18.4. The summed E-state index contributed by atoms with van der Waals surface area (Å²) in [4.78, 5) is 29.0. The third-order valence-electron chi connectivity index (χ3n) is 5.20. The average Bonchev–Trinajstić information content (AvgIpc) is 3.21. The molecule has 3 rings (SSSR count). The van der Waals surface area contributed by atoms with E-state index in [9.17, 15) is 9.59 Å². The summed E-state index contributed by atoms with van der Waals surface area (Å²) in [7, 11) is 0. The molecule has 1 aromatic heterocycles. The van der Waals surface area contributed by atoms with E-state index < -0.39 is 0 Å². The van der Waals surface area contributed by atoms with Crippen LogP contribution in [0.25, 0.3) is 0 Å². The van der Waals surface area contributed by atoms with Gasteiger partial charge in [-0.05, 0) is 37.9 Å². The molecule has 7 nitrogen and oxygen atoms in total. The summed E-state index contributed by atoms with van der Waals surface area (Å²) in [6, 6.07) is 3.32. The highest BCUT2D eigenvalue weighted by molar-refractivity contribution is 5.91. The maximum absolute atomic E-state index is 12.7. The van der Waals surface area contributed by atoms with E-state index in [-0.39, 0.29) is 23.9 Å². The number of likely N-dealkylation sites (tertiary alicyclic amines) is 1. The maximum atomic E-state index is 12.7. The molecule has 1 unspecified atom stereocenters. The van der Waals surface area contributed by atoms with E-state index >= 15 is 0 Å². The van der Waals surface area contributed by atoms with Crippen LogP contribution >= 0.6 is 0 Å². The van der Waals surface area contributed by atoms with Gasteiger partial charge < -0.3 is 19.4 Å². The van der Waals surface area contributed by atoms with Crippen LogP contribution in [0.1, 0.15) is 43.2 Å². The highest BCUT2D eigenvalue weighted by atomic mass is 16.5. The van der Waals surface area contributed by atoms with Gasteiger partial charge in [-0.15, -0.1) is 0 Å². The molecular weight excluding hydrogens is 334 g/mol. The molecule has 0 spiro atoms. The Bertz CT molecular complexity index is 582. The first kappa shape index (κ1) is 18.9. The molecule has 1 atom stereocenters. The molecule has 2 aliphatic heterocycles. The first-order valence-corrected chi connectivity index (χ1v) is 9.64. The van der Waals surface area contributed by atoms with Gasteiger partial charge >= 0.3 is 0 Å². The second-order valence-corrected chi connectivity index (χ2v) is 7.03. The quantitative estimate of drug-likeness (QED) is 0.829. The summed E-state index contributed by atoms with van der Waals surface area (Å²) < 4.78 is 10.7. The largest absolute Gasteiger partial charge is 0.459 e. The van der Waals surface area contributed by atoms with Crippen molar-refractivity contribution in [2.75, 3.05) is 39.4 Å². The molecule has 0 radical (unpaired) electrons. The number of hydrogen-bond donors (Lipinski definition) is 1. The Kier molecular flexibility index (Phi) is 6.68. The number of nitrogens with zero attached hydrogens (tertiary/aromatic N) is 2. The Morgan fingerprint density at radius 1 is 1.27 bits per heavy atom. The molecule has 2 aliphatic rings. The van der Waals surface area contributed by atoms with Crippen LogP contribution < -0.4 is 5.32 Å². The number of hydrogen-bond acceptors (Lipinski definition) is 5. The van der Waals surface area contributed by atoms with Crippen molar-refractivity contribution in [1.29, 1.82) is 0 Å². The van der Waals surface area contributed by atoms with Crippen molar-refractivity contribution in [1.82, 2.24) is 15.1 Å². The lowest BCUT2D eigenvalue weighted by Gasteiger charge is -2.37. The third-order valence-corrected chi connectivity index (χ3v) is 5.20. The Morgan fingerprint density at radius 3 is 2.77 bits per heavy atom. The van der Waals surface area contributed by atoms with Gasteiger partial charge in [-0.25, -0.2) is 0 Å². The fraction of sp³-hybridized carbons (Fsp3) is 0.684. The summed E-state index contributed by atoms with van der Waals surface area (Å²) in [6.45, 7) is 6.33.